The number of aliphatic hydroxyl groups is 1. The zero-order valence-corrected chi connectivity index (χ0v) is 10.0. The minimum atomic E-state index is -0.477. The third-order valence-electron chi connectivity index (χ3n) is 2.68. The van der Waals surface area contributed by atoms with Crippen LogP contribution in [0.15, 0.2) is 12.1 Å². The minimum absolute atomic E-state index is 0.142. The van der Waals surface area contributed by atoms with Crippen LogP contribution in [0.5, 0.6) is 5.75 Å². The van der Waals surface area contributed by atoms with Gasteiger partial charge in [0.25, 0.3) is 0 Å². The zero-order chi connectivity index (χ0) is 12.3. The van der Waals surface area contributed by atoms with E-state index >= 15 is 0 Å². The van der Waals surface area contributed by atoms with Crippen LogP contribution in [-0.2, 0) is 0 Å². The molecule has 0 radical (unpaired) electrons. The zero-order valence-electron chi connectivity index (χ0n) is 10.0. The average molecular weight is 224 g/mol. The highest BCUT2D eigenvalue weighted by molar-refractivity contribution is 5.45. The first-order valence-electron chi connectivity index (χ1n) is 5.28. The van der Waals surface area contributed by atoms with Gasteiger partial charge in [0, 0.05) is 11.6 Å². The van der Waals surface area contributed by atoms with Gasteiger partial charge < -0.3 is 21.3 Å². The normalized spacial score (nSPS) is 14.6. The predicted molar refractivity (Wildman–Crippen MR) is 64.5 cm³/mol. The van der Waals surface area contributed by atoms with Crippen molar-refractivity contribution < 1.29 is 9.84 Å². The molecule has 0 saturated carbocycles. The first-order valence-corrected chi connectivity index (χ1v) is 5.28. The van der Waals surface area contributed by atoms with Crippen molar-refractivity contribution in [3.05, 3.63) is 28.8 Å². The van der Waals surface area contributed by atoms with Gasteiger partial charge in [0.15, 0.2) is 0 Å². The van der Waals surface area contributed by atoms with E-state index in [0.717, 1.165) is 22.4 Å². The summed E-state index contributed by atoms with van der Waals surface area (Å²) in [7, 11) is 1.61. The lowest BCUT2D eigenvalue weighted by Gasteiger charge is -2.22. The second-order valence-electron chi connectivity index (χ2n) is 4.08. The average Bonchev–Trinajstić information content (AvgIpc) is 2.26. The quantitative estimate of drug-likeness (QED) is 0.700. The summed E-state index contributed by atoms with van der Waals surface area (Å²) in [5, 5.41) is 9.02. The molecule has 0 saturated heterocycles. The minimum Gasteiger partial charge on any atom is -0.496 e. The number of rotatable bonds is 4. The second-order valence-corrected chi connectivity index (χ2v) is 4.08. The van der Waals surface area contributed by atoms with Crippen LogP contribution in [0.25, 0.3) is 0 Å². The van der Waals surface area contributed by atoms with Crippen LogP contribution >= 0.6 is 0 Å². The predicted octanol–water partition coefficient (Wildman–Crippen LogP) is 0.631. The van der Waals surface area contributed by atoms with E-state index in [1.165, 1.54) is 0 Å². The van der Waals surface area contributed by atoms with E-state index in [2.05, 4.69) is 0 Å². The number of aryl methyl sites for hydroxylation is 2. The van der Waals surface area contributed by atoms with Crippen LogP contribution in [0.3, 0.4) is 0 Å². The Labute approximate surface area is 96.2 Å². The molecule has 0 spiro atoms. The largest absolute Gasteiger partial charge is 0.496 e. The second kappa shape index (κ2) is 5.30. The van der Waals surface area contributed by atoms with Gasteiger partial charge in [-0.2, -0.15) is 0 Å². The molecule has 0 aliphatic rings. The molecule has 1 rings (SSSR count). The monoisotopic (exact) mass is 224 g/mol. The number of benzene rings is 1. The van der Waals surface area contributed by atoms with Crippen molar-refractivity contribution in [2.75, 3.05) is 13.7 Å². The van der Waals surface area contributed by atoms with Crippen LogP contribution in [0.2, 0.25) is 0 Å². The van der Waals surface area contributed by atoms with Gasteiger partial charge in [-0.25, -0.2) is 0 Å². The third kappa shape index (κ3) is 2.52. The smallest absolute Gasteiger partial charge is 0.126 e. The topological polar surface area (TPSA) is 81.5 Å². The van der Waals surface area contributed by atoms with E-state index in [9.17, 15) is 0 Å². The summed E-state index contributed by atoms with van der Waals surface area (Å²) >= 11 is 0. The summed E-state index contributed by atoms with van der Waals surface area (Å²) in [6.07, 6.45) is 0. The molecule has 0 fully saturated rings. The summed E-state index contributed by atoms with van der Waals surface area (Å²) in [6.45, 7) is 3.82. The van der Waals surface area contributed by atoms with E-state index in [1.54, 1.807) is 7.11 Å². The molecular weight excluding hydrogens is 204 g/mol. The van der Waals surface area contributed by atoms with Gasteiger partial charge in [0.2, 0.25) is 0 Å². The van der Waals surface area contributed by atoms with E-state index < -0.39 is 12.1 Å². The fourth-order valence-electron chi connectivity index (χ4n) is 1.86. The molecule has 1 aromatic rings. The molecule has 2 atom stereocenters. The van der Waals surface area contributed by atoms with Gasteiger partial charge in [-0.05, 0) is 19.4 Å². The van der Waals surface area contributed by atoms with Crippen molar-refractivity contribution in [3.63, 3.8) is 0 Å². The van der Waals surface area contributed by atoms with Crippen molar-refractivity contribution in [2.45, 2.75) is 25.9 Å². The fourth-order valence-corrected chi connectivity index (χ4v) is 1.86. The van der Waals surface area contributed by atoms with Crippen LogP contribution in [0.1, 0.15) is 22.7 Å². The number of nitrogens with two attached hydrogens (primary N) is 2. The molecule has 1 aromatic carbocycles. The molecule has 2 unspecified atom stereocenters. The summed E-state index contributed by atoms with van der Waals surface area (Å²) in [6, 6.07) is 3.08. The molecule has 0 amide bonds. The fraction of sp³-hybridized carbons (Fsp3) is 0.500. The highest BCUT2D eigenvalue weighted by Gasteiger charge is 2.20. The number of aliphatic hydroxyl groups excluding tert-OH is 1. The summed E-state index contributed by atoms with van der Waals surface area (Å²) in [4.78, 5) is 0. The first-order chi connectivity index (χ1) is 7.51. The Morgan fingerprint density at radius 2 is 1.94 bits per heavy atom. The van der Waals surface area contributed by atoms with Crippen molar-refractivity contribution >= 4 is 0 Å². The maximum absolute atomic E-state index is 9.02. The van der Waals surface area contributed by atoms with Crippen molar-refractivity contribution in [1.29, 1.82) is 0 Å². The molecule has 4 nitrogen and oxygen atoms in total. The van der Waals surface area contributed by atoms with E-state index in [4.69, 9.17) is 21.3 Å². The lowest BCUT2D eigenvalue weighted by Crippen LogP contribution is -2.37. The van der Waals surface area contributed by atoms with Gasteiger partial charge in [-0.15, -0.1) is 0 Å². The number of methoxy groups -OCH3 is 1. The molecule has 5 N–H and O–H groups in total. The lowest BCUT2D eigenvalue weighted by molar-refractivity contribution is 0.248. The highest BCUT2D eigenvalue weighted by atomic mass is 16.5. The van der Waals surface area contributed by atoms with Crippen molar-refractivity contribution in [3.8, 4) is 5.75 Å². The Hall–Kier alpha value is -1.10. The van der Waals surface area contributed by atoms with Crippen LogP contribution in [0, 0.1) is 13.8 Å². The molecule has 0 aliphatic carbocycles. The highest BCUT2D eigenvalue weighted by Crippen LogP contribution is 2.30. The van der Waals surface area contributed by atoms with Crippen molar-refractivity contribution in [1.82, 2.24) is 0 Å². The molecule has 0 aromatic heterocycles. The van der Waals surface area contributed by atoms with E-state index in [1.807, 2.05) is 26.0 Å². The Balaban J connectivity index is 3.20. The molecule has 0 bridgehead atoms. The Kier molecular flexibility index (Phi) is 4.29. The summed E-state index contributed by atoms with van der Waals surface area (Å²) in [5.41, 5.74) is 14.7. The Bertz CT molecular complexity index is 366. The van der Waals surface area contributed by atoms with E-state index in [0.29, 0.717) is 0 Å². The summed E-state index contributed by atoms with van der Waals surface area (Å²) in [5.74, 6) is 0.752. The molecule has 16 heavy (non-hydrogen) atoms. The number of hydrogen-bond acceptors (Lipinski definition) is 4. The van der Waals surface area contributed by atoms with Crippen molar-refractivity contribution in [2.24, 2.45) is 11.5 Å². The lowest BCUT2D eigenvalue weighted by atomic mass is 9.96. The van der Waals surface area contributed by atoms with Crippen LogP contribution in [-0.4, -0.2) is 24.9 Å². The van der Waals surface area contributed by atoms with Gasteiger partial charge in [0.05, 0.1) is 19.8 Å². The first kappa shape index (κ1) is 13.0. The Morgan fingerprint density at radius 3 is 2.44 bits per heavy atom. The summed E-state index contributed by atoms with van der Waals surface area (Å²) < 4.78 is 5.33. The van der Waals surface area contributed by atoms with Gasteiger partial charge in [-0.1, -0.05) is 17.7 Å². The standard InChI is InChI=1S/C12H20N2O2/c1-7-4-8(2)12(16-3)9(5-7)11(14)10(13)6-15/h4-5,10-11,15H,6,13-14H2,1-3H3. The number of hydrogen-bond donors (Lipinski definition) is 3. The van der Waals surface area contributed by atoms with Crippen LogP contribution < -0.4 is 16.2 Å². The third-order valence-corrected chi connectivity index (χ3v) is 2.68. The maximum atomic E-state index is 9.02. The molecule has 0 aliphatic heterocycles. The maximum Gasteiger partial charge on any atom is 0.126 e. The van der Waals surface area contributed by atoms with Crippen LogP contribution in [0.4, 0.5) is 0 Å². The van der Waals surface area contributed by atoms with E-state index in [-0.39, 0.29) is 6.61 Å². The Morgan fingerprint density at radius 1 is 1.31 bits per heavy atom. The molecule has 90 valence electrons. The molecule has 0 heterocycles. The number of ether oxygens (including phenoxy) is 1. The van der Waals surface area contributed by atoms with Gasteiger partial charge in [-0.3, -0.25) is 0 Å². The SMILES string of the molecule is COc1c(C)cc(C)cc1C(N)C(N)CO. The molecule has 4 heteroatoms. The molecular formula is C12H20N2O2. The van der Waals surface area contributed by atoms with Gasteiger partial charge >= 0.3 is 0 Å². The van der Waals surface area contributed by atoms with Gasteiger partial charge in [0.1, 0.15) is 5.75 Å².